The summed E-state index contributed by atoms with van der Waals surface area (Å²) in [5.41, 5.74) is 1.30. The van der Waals surface area contributed by atoms with E-state index in [2.05, 4.69) is 5.32 Å². The van der Waals surface area contributed by atoms with E-state index in [1.807, 2.05) is 26.0 Å². The zero-order chi connectivity index (χ0) is 15.1. The quantitative estimate of drug-likeness (QED) is 0.888. The van der Waals surface area contributed by atoms with Crippen molar-refractivity contribution in [2.45, 2.75) is 26.8 Å². The van der Waals surface area contributed by atoms with Gasteiger partial charge in [0.2, 0.25) is 5.91 Å². The summed E-state index contributed by atoms with van der Waals surface area (Å²) < 4.78 is 0. The minimum absolute atomic E-state index is 0.0119. The van der Waals surface area contributed by atoms with Crippen molar-refractivity contribution >= 4 is 11.6 Å². The number of nitrogens with one attached hydrogen (secondary N) is 1. The molecule has 5 heteroatoms. The van der Waals surface area contributed by atoms with Crippen molar-refractivity contribution in [3.8, 4) is 12.1 Å². The molecule has 1 N–H and O–H groups in total. The van der Waals surface area contributed by atoms with Crippen LogP contribution in [0.4, 0.5) is 5.69 Å². The molecule has 0 bridgehead atoms. The van der Waals surface area contributed by atoms with Crippen LogP contribution in [0.5, 0.6) is 0 Å². The lowest BCUT2D eigenvalue weighted by atomic mass is 10.1. The molecular formula is C15H18N4O. The van der Waals surface area contributed by atoms with Crippen LogP contribution in [0, 0.1) is 22.7 Å². The fourth-order valence-corrected chi connectivity index (χ4v) is 1.94. The number of anilines is 1. The molecule has 104 valence electrons. The summed E-state index contributed by atoms with van der Waals surface area (Å²) in [7, 11) is 0. The molecule has 0 fully saturated rings. The molecule has 0 aliphatic heterocycles. The third kappa shape index (κ3) is 3.49. The van der Waals surface area contributed by atoms with Gasteiger partial charge in [-0.2, -0.15) is 10.5 Å². The first-order chi connectivity index (χ1) is 9.57. The average molecular weight is 270 g/mol. The minimum atomic E-state index is -0.380. The summed E-state index contributed by atoms with van der Waals surface area (Å²) in [4.78, 5) is 13.9. The normalized spacial score (nSPS) is 11.1. The van der Waals surface area contributed by atoms with Gasteiger partial charge < -0.3 is 10.2 Å². The second-order valence-corrected chi connectivity index (χ2v) is 4.36. The van der Waals surface area contributed by atoms with Crippen LogP contribution in [0.25, 0.3) is 0 Å². The number of hydrogen-bond acceptors (Lipinski definition) is 4. The van der Waals surface area contributed by atoms with Crippen molar-refractivity contribution in [2.24, 2.45) is 0 Å². The number of carbonyl (C=O) groups is 1. The number of hydrogen-bond donors (Lipinski definition) is 1. The molecule has 0 saturated heterocycles. The van der Waals surface area contributed by atoms with E-state index in [1.165, 1.54) is 0 Å². The van der Waals surface area contributed by atoms with Crippen molar-refractivity contribution in [2.75, 3.05) is 18.4 Å². The highest BCUT2D eigenvalue weighted by Crippen LogP contribution is 2.16. The SMILES string of the molecule is CCN(CC)C(=O)C(C)Nc1ccc(C#N)c(C#N)c1. The Hall–Kier alpha value is -2.53. The highest BCUT2D eigenvalue weighted by atomic mass is 16.2. The molecule has 20 heavy (non-hydrogen) atoms. The summed E-state index contributed by atoms with van der Waals surface area (Å²) in [5.74, 6) is 0.0119. The zero-order valence-electron chi connectivity index (χ0n) is 12.0. The lowest BCUT2D eigenvalue weighted by Gasteiger charge is -2.24. The summed E-state index contributed by atoms with van der Waals surface area (Å²) in [6, 6.07) is 8.42. The van der Waals surface area contributed by atoms with Gasteiger partial charge in [-0.25, -0.2) is 0 Å². The zero-order valence-corrected chi connectivity index (χ0v) is 12.0. The Morgan fingerprint density at radius 1 is 1.25 bits per heavy atom. The van der Waals surface area contributed by atoms with Gasteiger partial charge in [0.05, 0.1) is 11.1 Å². The number of rotatable bonds is 5. The monoisotopic (exact) mass is 270 g/mol. The van der Waals surface area contributed by atoms with Gasteiger partial charge in [0.25, 0.3) is 0 Å². The van der Waals surface area contributed by atoms with Crippen LogP contribution < -0.4 is 5.32 Å². The maximum absolute atomic E-state index is 12.1. The molecule has 1 rings (SSSR count). The second-order valence-electron chi connectivity index (χ2n) is 4.36. The van der Waals surface area contributed by atoms with Crippen molar-refractivity contribution < 1.29 is 4.79 Å². The molecule has 1 aromatic carbocycles. The lowest BCUT2D eigenvalue weighted by molar-refractivity contribution is -0.131. The maximum atomic E-state index is 12.1. The highest BCUT2D eigenvalue weighted by Gasteiger charge is 2.18. The number of benzene rings is 1. The predicted octanol–water partition coefficient (Wildman–Crippen LogP) is 2.10. The van der Waals surface area contributed by atoms with Crippen LogP contribution in [-0.2, 0) is 4.79 Å². The van der Waals surface area contributed by atoms with E-state index in [1.54, 1.807) is 30.0 Å². The van der Waals surface area contributed by atoms with E-state index in [4.69, 9.17) is 10.5 Å². The topological polar surface area (TPSA) is 79.9 Å². The lowest BCUT2D eigenvalue weighted by Crippen LogP contribution is -2.41. The summed E-state index contributed by atoms with van der Waals surface area (Å²) >= 11 is 0. The summed E-state index contributed by atoms with van der Waals surface area (Å²) in [5, 5.41) is 20.9. The molecule has 0 aliphatic carbocycles. The molecule has 1 atom stereocenters. The number of carbonyl (C=O) groups excluding carboxylic acids is 1. The van der Waals surface area contributed by atoms with Crippen molar-refractivity contribution in [3.05, 3.63) is 29.3 Å². The molecule has 1 aromatic rings. The Kier molecular flexibility index (Phi) is 5.56. The fourth-order valence-electron chi connectivity index (χ4n) is 1.94. The van der Waals surface area contributed by atoms with Gasteiger partial charge >= 0.3 is 0 Å². The summed E-state index contributed by atoms with van der Waals surface area (Å²) in [6.45, 7) is 6.98. The smallest absolute Gasteiger partial charge is 0.244 e. The number of likely N-dealkylation sites (N-methyl/N-ethyl adjacent to an activating group) is 1. The van der Waals surface area contributed by atoms with Crippen LogP contribution in [0.1, 0.15) is 31.9 Å². The molecule has 0 aliphatic rings. The van der Waals surface area contributed by atoms with Crippen LogP contribution in [-0.4, -0.2) is 29.9 Å². The molecule has 0 saturated carbocycles. The molecule has 0 aromatic heterocycles. The third-order valence-electron chi connectivity index (χ3n) is 3.09. The maximum Gasteiger partial charge on any atom is 0.244 e. The van der Waals surface area contributed by atoms with E-state index in [0.29, 0.717) is 29.9 Å². The van der Waals surface area contributed by atoms with Gasteiger partial charge in [-0.15, -0.1) is 0 Å². The molecule has 0 radical (unpaired) electrons. The number of nitriles is 2. The van der Waals surface area contributed by atoms with Crippen molar-refractivity contribution in [1.29, 1.82) is 10.5 Å². The van der Waals surface area contributed by atoms with E-state index in [0.717, 1.165) is 0 Å². The molecular weight excluding hydrogens is 252 g/mol. The van der Waals surface area contributed by atoms with Crippen molar-refractivity contribution in [1.82, 2.24) is 4.90 Å². The Balaban J connectivity index is 2.87. The largest absolute Gasteiger partial charge is 0.374 e. The summed E-state index contributed by atoms with van der Waals surface area (Å²) in [6.07, 6.45) is 0. The highest BCUT2D eigenvalue weighted by molar-refractivity contribution is 5.84. The van der Waals surface area contributed by atoms with E-state index in [-0.39, 0.29) is 11.9 Å². The average Bonchev–Trinajstić information content (AvgIpc) is 2.48. The standard InChI is InChI=1S/C15H18N4O/c1-4-19(5-2)15(20)11(3)18-14-7-6-12(9-16)13(8-14)10-17/h6-8,11,18H,4-5H2,1-3H3. The second kappa shape index (κ2) is 7.16. The van der Waals surface area contributed by atoms with Crippen LogP contribution in [0.3, 0.4) is 0 Å². The molecule has 1 unspecified atom stereocenters. The van der Waals surface area contributed by atoms with Gasteiger partial charge in [0.1, 0.15) is 18.2 Å². The minimum Gasteiger partial charge on any atom is -0.374 e. The molecule has 5 nitrogen and oxygen atoms in total. The molecule has 0 heterocycles. The van der Waals surface area contributed by atoms with Gasteiger partial charge in [0.15, 0.2) is 0 Å². The first kappa shape index (κ1) is 15.5. The van der Waals surface area contributed by atoms with Crippen LogP contribution in [0.15, 0.2) is 18.2 Å². The van der Waals surface area contributed by atoms with Gasteiger partial charge in [-0.3, -0.25) is 4.79 Å². The van der Waals surface area contributed by atoms with Crippen molar-refractivity contribution in [3.63, 3.8) is 0 Å². The van der Waals surface area contributed by atoms with Crippen LogP contribution in [0.2, 0.25) is 0 Å². The number of nitrogens with zero attached hydrogens (tertiary/aromatic N) is 3. The number of amides is 1. The van der Waals surface area contributed by atoms with E-state index < -0.39 is 0 Å². The Labute approximate surface area is 119 Å². The van der Waals surface area contributed by atoms with Gasteiger partial charge in [-0.05, 0) is 39.0 Å². The van der Waals surface area contributed by atoms with Crippen LogP contribution >= 0.6 is 0 Å². The van der Waals surface area contributed by atoms with E-state index in [9.17, 15) is 4.79 Å². The Bertz CT molecular complexity index is 564. The molecule has 1 amide bonds. The van der Waals surface area contributed by atoms with E-state index >= 15 is 0 Å². The Morgan fingerprint density at radius 3 is 2.35 bits per heavy atom. The van der Waals surface area contributed by atoms with Gasteiger partial charge in [-0.1, -0.05) is 0 Å². The predicted molar refractivity (Wildman–Crippen MR) is 76.9 cm³/mol. The van der Waals surface area contributed by atoms with Gasteiger partial charge in [0, 0.05) is 18.8 Å². The Morgan fingerprint density at radius 2 is 1.85 bits per heavy atom. The first-order valence-corrected chi connectivity index (χ1v) is 6.56. The fraction of sp³-hybridized carbons (Fsp3) is 0.400. The third-order valence-corrected chi connectivity index (χ3v) is 3.09. The molecule has 0 spiro atoms. The first-order valence-electron chi connectivity index (χ1n) is 6.56.